The molecule has 0 saturated carbocycles. The summed E-state index contributed by atoms with van der Waals surface area (Å²) in [5.74, 6) is -0.307. The highest BCUT2D eigenvalue weighted by Crippen LogP contribution is 2.13. The number of hydrogen-bond donors (Lipinski definition) is 2. The highest BCUT2D eigenvalue weighted by Gasteiger charge is 1.97. The van der Waals surface area contributed by atoms with E-state index in [1.165, 1.54) is 6.20 Å². The molecule has 3 heteroatoms. The van der Waals surface area contributed by atoms with Crippen molar-refractivity contribution in [2.45, 2.75) is 13.1 Å². The molecule has 1 rings (SSSR count). The molecular formula is C10H13FN2. The molecule has 0 amide bonds. The van der Waals surface area contributed by atoms with Crippen LogP contribution in [0.15, 0.2) is 36.5 Å². The first-order valence-electron chi connectivity index (χ1n) is 4.13. The van der Waals surface area contributed by atoms with Gasteiger partial charge in [-0.25, -0.2) is 4.39 Å². The molecule has 0 aliphatic heterocycles. The van der Waals surface area contributed by atoms with Crippen LogP contribution in [-0.2, 0) is 0 Å². The van der Waals surface area contributed by atoms with Gasteiger partial charge in [-0.1, -0.05) is 30.3 Å². The van der Waals surface area contributed by atoms with Gasteiger partial charge < -0.3 is 11.1 Å². The van der Waals surface area contributed by atoms with Gasteiger partial charge in [-0.3, -0.25) is 0 Å². The quantitative estimate of drug-likeness (QED) is 0.697. The molecule has 0 aliphatic carbocycles. The molecule has 1 aromatic rings. The zero-order valence-corrected chi connectivity index (χ0v) is 7.50. The van der Waals surface area contributed by atoms with Crippen molar-refractivity contribution in [1.29, 1.82) is 0 Å². The van der Waals surface area contributed by atoms with Crippen LogP contribution in [0.3, 0.4) is 0 Å². The van der Waals surface area contributed by atoms with Crippen LogP contribution in [0.2, 0.25) is 0 Å². The van der Waals surface area contributed by atoms with E-state index in [0.29, 0.717) is 5.56 Å². The number of halogens is 1. The van der Waals surface area contributed by atoms with Crippen molar-refractivity contribution in [2.75, 3.05) is 0 Å². The molecule has 3 N–H and O–H groups in total. The Morgan fingerprint density at radius 3 is 2.62 bits per heavy atom. The van der Waals surface area contributed by atoms with E-state index in [1.807, 2.05) is 6.07 Å². The smallest absolute Gasteiger partial charge is 0.146 e. The molecule has 0 bridgehead atoms. The summed E-state index contributed by atoms with van der Waals surface area (Å²) in [6, 6.07) is 8.82. The summed E-state index contributed by atoms with van der Waals surface area (Å²) >= 11 is 0. The van der Waals surface area contributed by atoms with Crippen LogP contribution >= 0.6 is 0 Å². The van der Waals surface area contributed by atoms with E-state index in [-0.39, 0.29) is 12.0 Å². The number of hydrogen-bond acceptors (Lipinski definition) is 2. The zero-order valence-electron chi connectivity index (χ0n) is 7.50. The molecule has 0 spiro atoms. The fraction of sp³-hybridized carbons (Fsp3) is 0.200. The van der Waals surface area contributed by atoms with E-state index in [0.717, 1.165) is 0 Å². The van der Waals surface area contributed by atoms with Crippen molar-refractivity contribution in [3.63, 3.8) is 0 Å². The van der Waals surface area contributed by atoms with E-state index < -0.39 is 0 Å². The molecule has 1 unspecified atom stereocenters. The minimum absolute atomic E-state index is 0.241. The number of rotatable bonds is 3. The van der Waals surface area contributed by atoms with Crippen molar-refractivity contribution in [2.24, 2.45) is 5.73 Å². The second-order valence-corrected chi connectivity index (χ2v) is 2.81. The van der Waals surface area contributed by atoms with Gasteiger partial charge in [0.2, 0.25) is 0 Å². The number of nitrogens with two attached hydrogens (primary N) is 1. The van der Waals surface area contributed by atoms with E-state index in [9.17, 15) is 4.39 Å². The third-order valence-corrected chi connectivity index (χ3v) is 1.52. The van der Waals surface area contributed by atoms with Crippen LogP contribution in [0.5, 0.6) is 0 Å². The summed E-state index contributed by atoms with van der Waals surface area (Å²) in [7, 11) is 0. The molecule has 70 valence electrons. The number of benzene rings is 1. The predicted octanol–water partition coefficient (Wildman–Crippen LogP) is 1.85. The second kappa shape index (κ2) is 4.62. The average molecular weight is 180 g/mol. The van der Waals surface area contributed by atoms with Gasteiger partial charge in [-0.05, 0) is 6.92 Å². The maximum absolute atomic E-state index is 13.2. The highest BCUT2D eigenvalue weighted by atomic mass is 19.1. The van der Waals surface area contributed by atoms with E-state index in [2.05, 4.69) is 5.32 Å². The Hall–Kier alpha value is -1.35. The van der Waals surface area contributed by atoms with Crippen LogP contribution in [0, 0.1) is 0 Å². The molecule has 0 fully saturated rings. The van der Waals surface area contributed by atoms with Crippen molar-refractivity contribution in [3.05, 3.63) is 42.1 Å². The minimum Gasteiger partial charge on any atom is -0.374 e. The zero-order chi connectivity index (χ0) is 9.68. The Bertz CT molecular complexity index is 280. The monoisotopic (exact) mass is 180 g/mol. The molecule has 2 nitrogen and oxygen atoms in total. The Kier molecular flexibility index (Phi) is 3.46. The van der Waals surface area contributed by atoms with Crippen LogP contribution in [-0.4, -0.2) is 6.17 Å². The Balaban J connectivity index is 2.68. The van der Waals surface area contributed by atoms with Crippen molar-refractivity contribution in [1.82, 2.24) is 5.32 Å². The topological polar surface area (TPSA) is 38.0 Å². The fourth-order valence-electron chi connectivity index (χ4n) is 0.885. The van der Waals surface area contributed by atoms with E-state index >= 15 is 0 Å². The molecule has 1 atom stereocenters. The molecule has 0 saturated heterocycles. The minimum atomic E-state index is -0.307. The van der Waals surface area contributed by atoms with Crippen LogP contribution in [0.1, 0.15) is 12.5 Å². The summed E-state index contributed by atoms with van der Waals surface area (Å²) in [5.41, 5.74) is 5.95. The van der Waals surface area contributed by atoms with Gasteiger partial charge in [0.25, 0.3) is 0 Å². The van der Waals surface area contributed by atoms with E-state index in [1.54, 1.807) is 31.2 Å². The second-order valence-electron chi connectivity index (χ2n) is 2.81. The third kappa shape index (κ3) is 3.25. The predicted molar refractivity (Wildman–Crippen MR) is 52.3 cm³/mol. The maximum Gasteiger partial charge on any atom is 0.146 e. The Morgan fingerprint density at radius 1 is 1.46 bits per heavy atom. The first-order chi connectivity index (χ1) is 6.20. The van der Waals surface area contributed by atoms with Crippen molar-refractivity contribution in [3.8, 4) is 0 Å². The summed E-state index contributed by atoms with van der Waals surface area (Å²) in [5, 5.41) is 2.68. The molecular weight excluding hydrogens is 167 g/mol. The summed E-state index contributed by atoms with van der Waals surface area (Å²) in [6.07, 6.45) is 1.04. The molecule has 0 heterocycles. The van der Waals surface area contributed by atoms with Gasteiger partial charge in [-0.15, -0.1) is 0 Å². The highest BCUT2D eigenvalue weighted by molar-refractivity contribution is 5.58. The first-order valence-corrected chi connectivity index (χ1v) is 4.13. The normalized spacial score (nSPS) is 13.9. The summed E-state index contributed by atoms with van der Waals surface area (Å²) in [6.45, 7) is 1.74. The molecule has 0 radical (unpaired) electrons. The molecule has 0 aliphatic rings. The Morgan fingerprint density at radius 2 is 2.08 bits per heavy atom. The first kappa shape index (κ1) is 9.74. The number of nitrogens with one attached hydrogen (secondary N) is 1. The van der Waals surface area contributed by atoms with Gasteiger partial charge >= 0.3 is 0 Å². The lowest BCUT2D eigenvalue weighted by Crippen LogP contribution is -2.29. The largest absolute Gasteiger partial charge is 0.374 e. The fourth-order valence-corrected chi connectivity index (χ4v) is 0.885. The third-order valence-electron chi connectivity index (χ3n) is 1.52. The lowest BCUT2D eigenvalue weighted by atomic mass is 10.2. The average Bonchev–Trinajstić information content (AvgIpc) is 2.15. The Labute approximate surface area is 77.3 Å². The van der Waals surface area contributed by atoms with Gasteiger partial charge in [0.05, 0.1) is 6.17 Å². The van der Waals surface area contributed by atoms with Gasteiger partial charge in [0.15, 0.2) is 0 Å². The summed E-state index contributed by atoms with van der Waals surface area (Å²) in [4.78, 5) is 0. The van der Waals surface area contributed by atoms with Gasteiger partial charge in [0, 0.05) is 11.8 Å². The maximum atomic E-state index is 13.2. The van der Waals surface area contributed by atoms with Crippen molar-refractivity contribution < 1.29 is 4.39 Å². The van der Waals surface area contributed by atoms with Crippen LogP contribution in [0.25, 0.3) is 5.83 Å². The molecule has 0 aromatic heterocycles. The molecule has 13 heavy (non-hydrogen) atoms. The standard InChI is InChI=1S/C10H13FN2/c1-8(12)13-7-10(11)9-5-3-2-4-6-9/h2-8,13H,12H2,1H3/b10-7+. The lowest BCUT2D eigenvalue weighted by molar-refractivity contribution is 0.655. The SMILES string of the molecule is CC(N)N/C=C(/F)c1ccccc1. The van der Waals surface area contributed by atoms with Gasteiger partial charge in [0.1, 0.15) is 5.83 Å². The molecule has 1 aromatic carbocycles. The van der Waals surface area contributed by atoms with Crippen LogP contribution < -0.4 is 11.1 Å². The van der Waals surface area contributed by atoms with Crippen LogP contribution in [0.4, 0.5) is 4.39 Å². The van der Waals surface area contributed by atoms with Gasteiger partial charge in [-0.2, -0.15) is 0 Å². The van der Waals surface area contributed by atoms with Crippen molar-refractivity contribution >= 4 is 5.83 Å². The lowest BCUT2D eigenvalue weighted by Gasteiger charge is -2.04. The summed E-state index contributed by atoms with van der Waals surface area (Å²) < 4.78 is 13.2. The van der Waals surface area contributed by atoms with E-state index in [4.69, 9.17) is 5.73 Å².